The molecule has 3 aromatic heterocycles. The van der Waals surface area contributed by atoms with Crippen LogP contribution in [0, 0.1) is 12.3 Å². The van der Waals surface area contributed by atoms with Gasteiger partial charge in [-0.2, -0.15) is 0 Å². The van der Waals surface area contributed by atoms with E-state index in [1.807, 2.05) is 54.6 Å². The van der Waals surface area contributed by atoms with E-state index >= 15 is 0 Å². The molecular formula is C51H35IrN3O-2. The smallest absolute Gasteiger partial charge is 0.0774 e. The minimum Gasteiger partial charge on any atom is -0.557 e. The second-order valence-corrected chi connectivity index (χ2v) is 13.3. The molecule has 0 saturated heterocycles. The molecule has 4 nitrogen and oxygen atoms in total. The average molecular weight is 898 g/mol. The van der Waals surface area contributed by atoms with Crippen molar-refractivity contribution in [3.05, 3.63) is 224 Å². The van der Waals surface area contributed by atoms with E-state index in [2.05, 4.69) is 161 Å². The first-order valence-corrected chi connectivity index (χ1v) is 18.4. The van der Waals surface area contributed by atoms with E-state index in [1.54, 1.807) is 6.20 Å². The molecule has 0 aliphatic rings. The maximum Gasteiger partial charge on any atom is 0.0774 e. The number of imidazole rings is 1. The van der Waals surface area contributed by atoms with Gasteiger partial charge in [-0.1, -0.05) is 162 Å². The third kappa shape index (κ3) is 7.51. The van der Waals surface area contributed by atoms with Crippen LogP contribution in [0.2, 0.25) is 0 Å². The van der Waals surface area contributed by atoms with Crippen LogP contribution >= 0.6 is 0 Å². The summed E-state index contributed by atoms with van der Waals surface area (Å²) in [7, 11) is 0. The summed E-state index contributed by atoms with van der Waals surface area (Å²) in [5, 5.41) is 0.992. The molecule has 271 valence electrons. The number of aromatic nitrogens is 3. The molecule has 0 unspecified atom stereocenters. The summed E-state index contributed by atoms with van der Waals surface area (Å²) in [6, 6.07) is 69.8. The van der Waals surface area contributed by atoms with Crippen LogP contribution < -0.4 is 0 Å². The van der Waals surface area contributed by atoms with Gasteiger partial charge in [-0.15, -0.1) is 42.0 Å². The molecule has 0 aliphatic heterocycles. The second kappa shape index (κ2) is 16.8. The zero-order valence-electron chi connectivity index (χ0n) is 30.3. The van der Waals surface area contributed by atoms with Gasteiger partial charge in [0.1, 0.15) is 0 Å². The van der Waals surface area contributed by atoms with Crippen molar-refractivity contribution in [1.29, 1.82) is 0 Å². The maximum absolute atomic E-state index is 6.12. The molecule has 0 atom stereocenters. The largest absolute Gasteiger partial charge is 0.557 e. The molecule has 0 saturated carbocycles. The Hall–Kier alpha value is -6.65. The first-order valence-electron chi connectivity index (χ1n) is 18.4. The molecule has 0 aliphatic carbocycles. The Kier molecular flexibility index (Phi) is 10.9. The summed E-state index contributed by atoms with van der Waals surface area (Å²) >= 11 is 0. The summed E-state index contributed by atoms with van der Waals surface area (Å²) in [6.07, 6.45) is 5.88. The standard InChI is InChI=1S/C40H27N2O.C11H8N.Ir/c1-4-13-28(14-5-1)25-29-23-24-34-35(27-43-38(34)26-29)40-41-36-21-10-11-22-37(36)42(40)39-32(30-15-6-2-7-16-30)19-12-20-33(39)31-17-8-3-9-18-31;1-2-6-10(7-3-1)11-8-4-5-9-12-11;/h1-24,26H,25H2;1-6,8-9H;/q2*-1;. The van der Waals surface area contributed by atoms with Crippen molar-refractivity contribution >= 4 is 22.0 Å². The number of benzene rings is 7. The number of rotatable bonds is 7. The molecule has 1 radical (unpaired) electrons. The van der Waals surface area contributed by atoms with E-state index < -0.39 is 0 Å². The first-order chi connectivity index (χ1) is 27.3. The van der Waals surface area contributed by atoms with Gasteiger partial charge in [0.2, 0.25) is 0 Å². The molecule has 0 fully saturated rings. The van der Waals surface area contributed by atoms with E-state index in [0.717, 1.165) is 79.0 Å². The predicted molar refractivity (Wildman–Crippen MR) is 224 cm³/mol. The van der Waals surface area contributed by atoms with Gasteiger partial charge in [0.05, 0.1) is 22.5 Å². The summed E-state index contributed by atoms with van der Waals surface area (Å²) < 4.78 is 8.41. The van der Waals surface area contributed by atoms with Crippen LogP contribution in [0.1, 0.15) is 11.1 Å². The maximum atomic E-state index is 6.12. The number of furan rings is 1. The van der Waals surface area contributed by atoms with E-state index in [9.17, 15) is 0 Å². The number of hydrogen-bond acceptors (Lipinski definition) is 3. The Labute approximate surface area is 340 Å². The predicted octanol–water partition coefficient (Wildman–Crippen LogP) is 12.7. The molecular weight excluding hydrogens is 863 g/mol. The van der Waals surface area contributed by atoms with Crippen LogP contribution in [0.3, 0.4) is 0 Å². The van der Waals surface area contributed by atoms with Crippen molar-refractivity contribution in [2.45, 2.75) is 6.42 Å². The van der Waals surface area contributed by atoms with Gasteiger partial charge in [0.15, 0.2) is 0 Å². The van der Waals surface area contributed by atoms with Crippen LogP contribution in [0.5, 0.6) is 0 Å². The van der Waals surface area contributed by atoms with Gasteiger partial charge in [-0.05, 0) is 47.0 Å². The Morgan fingerprint density at radius 3 is 1.91 bits per heavy atom. The van der Waals surface area contributed by atoms with Crippen molar-refractivity contribution < 1.29 is 24.5 Å². The summed E-state index contributed by atoms with van der Waals surface area (Å²) in [5.41, 5.74) is 13.7. The third-order valence-corrected chi connectivity index (χ3v) is 9.69. The second-order valence-electron chi connectivity index (χ2n) is 13.3. The Bertz CT molecular complexity index is 2720. The minimum atomic E-state index is 0. The third-order valence-electron chi connectivity index (χ3n) is 9.69. The van der Waals surface area contributed by atoms with Crippen LogP contribution in [0.25, 0.3) is 72.6 Å². The van der Waals surface area contributed by atoms with Crippen molar-refractivity contribution in [3.8, 4) is 50.6 Å². The monoisotopic (exact) mass is 898 g/mol. The van der Waals surface area contributed by atoms with Gasteiger partial charge in [-0.3, -0.25) is 4.98 Å². The Morgan fingerprint density at radius 1 is 0.571 bits per heavy atom. The molecule has 0 spiro atoms. The summed E-state index contributed by atoms with van der Waals surface area (Å²) in [6.45, 7) is 0. The molecule has 56 heavy (non-hydrogen) atoms. The topological polar surface area (TPSA) is 43.9 Å². The fraction of sp³-hybridized carbons (Fsp3) is 0.0196. The molecule has 0 bridgehead atoms. The van der Waals surface area contributed by atoms with Crippen molar-refractivity contribution in [2.75, 3.05) is 0 Å². The molecule has 0 amide bonds. The summed E-state index contributed by atoms with van der Waals surface area (Å²) in [4.78, 5) is 9.43. The quantitative estimate of drug-likeness (QED) is 0.150. The SMILES string of the molecule is [Ir].[c-]1ccccc1-c1ccccn1.[c-]1oc2cc(Cc3ccccc3)ccc2c1-c1nc2ccccc2n1-c1c(-c2ccccc2)cccc1-c1ccccc1. The van der Waals surface area contributed by atoms with Gasteiger partial charge in [0, 0.05) is 49.3 Å². The number of nitrogens with zero attached hydrogens (tertiary/aromatic N) is 3. The van der Waals surface area contributed by atoms with Gasteiger partial charge < -0.3 is 14.0 Å². The fourth-order valence-electron chi connectivity index (χ4n) is 7.11. The van der Waals surface area contributed by atoms with Gasteiger partial charge in [-0.25, -0.2) is 0 Å². The Morgan fingerprint density at radius 2 is 1.23 bits per heavy atom. The molecule has 7 aromatic carbocycles. The number of fused-ring (bicyclic) bond motifs is 2. The molecule has 10 rings (SSSR count). The van der Waals surface area contributed by atoms with E-state index in [0.29, 0.717) is 0 Å². The van der Waals surface area contributed by atoms with Crippen molar-refractivity contribution in [1.82, 2.24) is 14.5 Å². The average Bonchev–Trinajstić information content (AvgIpc) is 3.86. The number of para-hydroxylation sites is 3. The van der Waals surface area contributed by atoms with Crippen LogP contribution in [-0.4, -0.2) is 14.5 Å². The Balaban J connectivity index is 0.000000290. The number of pyridine rings is 1. The van der Waals surface area contributed by atoms with Crippen molar-refractivity contribution in [2.24, 2.45) is 0 Å². The molecule has 5 heteroatoms. The van der Waals surface area contributed by atoms with Crippen molar-refractivity contribution in [3.63, 3.8) is 0 Å². The normalized spacial score (nSPS) is 10.8. The summed E-state index contributed by atoms with van der Waals surface area (Å²) in [5.74, 6) is 0.802. The van der Waals surface area contributed by atoms with E-state index in [1.165, 1.54) is 11.1 Å². The van der Waals surface area contributed by atoms with E-state index in [4.69, 9.17) is 9.40 Å². The van der Waals surface area contributed by atoms with Crippen LogP contribution in [0.15, 0.2) is 205 Å². The minimum absolute atomic E-state index is 0. The zero-order valence-corrected chi connectivity index (χ0v) is 32.7. The van der Waals surface area contributed by atoms with Gasteiger partial charge in [0.25, 0.3) is 0 Å². The molecule has 3 heterocycles. The molecule has 10 aromatic rings. The van der Waals surface area contributed by atoms with Gasteiger partial charge >= 0.3 is 0 Å². The van der Waals surface area contributed by atoms with Crippen LogP contribution in [-0.2, 0) is 26.5 Å². The number of hydrogen-bond donors (Lipinski definition) is 0. The molecule has 0 N–H and O–H groups in total. The van der Waals surface area contributed by atoms with E-state index in [-0.39, 0.29) is 20.1 Å². The van der Waals surface area contributed by atoms with Crippen LogP contribution in [0.4, 0.5) is 0 Å². The fourth-order valence-corrected chi connectivity index (χ4v) is 7.11. The zero-order chi connectivity index (χ0) is 36.8. The first kappa shape index (κ1) is 36.3.